The van der Waals surface area contributed by atoms with Crippen molar-refractivity contribution < 1.29 is 4.79 Å². The number of nitrogens with zero attached hydrogens (tertiary/aromatic N) is 1. The number of carbonyl (C=O) groups is 1. The molecule has 0 aliphatic rings. The minimum absolute atomic E-state index is 0.141. The Morgan fingerprint density at radius 3 is 2.11 bits per heavy atom. The van der Waals surface area contributed by atoms with Gasteiger partial charge in [0.25, 0.3) is 0 Å². The SMILES string of the molecule is C/C=N/NC(C)=O.CC. The van der Waals surface area contributed by atoms with E-state index in [-0.39, 0.29) is 5.91 Å². The van der Waals surface area contributed by atoms with Crippen LogP contribution >= 0.6 is 0 Å². The van der Waals surface area contributed by atoms with E-state index in [1.165, 1.54) is 13.1 Å². The maximum Gasteiger partial charge on any atom is 0.236 e. The summed E-state index contributed by atoms with van der Waals surface area (Å²) in [5, 5.41) is 3.45. The highest BCUT2D eigenvalue weighted by atomic mass is 16.2. The van der Waals surface area contributed by atoms with Gasteiger partial charge >= 0.3 is 0 Å². The molecule has 0 saturated carbocycles. The third kappa shape index (κ3) is 19.1. The van der Waals surface area contributed by atoms with E-state index in [0.29, 0.717) is 0 Å². The molecule has 0 aromatic rings. The molecule has 1 amide bonds. The van der Waals surface area contributed by atoms with E-state index in [1.54, 1.807) is 6.92 Å². The van der Waals surface area contributed by atoms with Crippen molar-refractivity contribution >= 4 is 12.1 Å². The van der Waals surface area contributed by atoms with Gasteiger partial charge < -0.3 is 0 Å². The van der Waals surface area contributed by atoms with Crippen molar-refractivity contribution in [2.75, 3.05) is 0 Å². The predicted molar refractivity (Wildman–Crippen MR) is 39.3 cm³/mol. The van der Waals surface area contributed by atoms with Crippen LogP contribution in [-0.2, 0) is 4.79 Å². The summed E-state index contributed by atoms with van der Waals surface area (Å²) in [7, 11) is 0. The highest BCUT2D eigenvalue weighted by Crippen LogP contribution is 1.56. The zero-order chi connectivity index (χ0) is 7.70. The number of carbonyl (C=O) groups excluding carboxylic acids is 1. The maximum absolute atomic E-state index is 9.98. The predicted octanol–water partition coefficient (Wildman–Crippen LogP) is 1.15. The maximum atomic E-state index is 9.98. The van der Waals surface area contributed by atoms with Crippen LogP contribution in [-0.4, -0.2) is 12.1 Å². The normalized spacial score (nSPS) is 8.00. The van der Waals surface area contributed by atoms with Gasteiger partial charge in [0.05, 0.1) is 0 Å². The average molecular weight is 130 g/mol. The zero-order valence-electron chi connectivity index (χ0n) is 6.43. The summed E-state index contributed by atoms with van der Waals surface area (Å²) in [5.41, 5.74) is 2.23. The molecule has 0 aromatic carbocycles. The number of amides is 1. The van der Waals surface area contributed by atoms with Gasteiger partial charge in [-0.15, -0.1) is 0 Å². The van der Waals surface area contributed by atoms with Gasteiger partial charge in [0.1, 0.15) is 0 Å². The Hall–Kier alpha value is -0.860. The molecule has 0 aliphatic heterocycles. The fourth-order valence-corrected chi connectivity index (χ4v) is 0.155. The molecule has 0 rings (SSSR count). The Kier molecular flexibility index (Phi) is 12.5. The molecule has 9 heavy (non-hydrogen) atoms. The lowest BCUT2D eigenvalue weighted by Crippen LogP contribution is -2.11. The van der Waals surface area contributed by atoms with Crippen LogP contribution in [0.4, 0.5) is 0 Å². The highest BCUT2D eigenvalue weighted by Gasteiger charge is 1.78. The van der Waals surface area contributed by atoms with E-state index in [9.17, 15) is 4.79 Å². The zero-order valence-corrected chi connectivity index (χ0v) is 6.43. The summed E-state index contributed by atoms with van der Waals surface area (Å²) in [5.74, 6) is -0.141. The minimum Gasteiger partial charge on any atom is -0.274 e. The summed E-state index contributed by atoms with van der Waals surface area (Å²) >= 11 is 0. The molecule has 3 nitrogen and oxygen atoms in total. The largest absolute Gasteiger partial charge is 0.274 e. The third-order valence-electron chi connectivity index (χ3n) is 0.351. The van der Waals surface area contributed by atoms with Crippen molar-refractivity contribution in [3.8, 4) is 0 Å². The fourth-order valence-electron chi connectivity index (χ4n) is 0.155. The standard InChI is InChI=1S/C4H8N2O.C2H6/c1-3-5-6-4(2)7;1-2/h3H,1-2H3,(H,6,7);1-2H3/b5-3+;. The van der Waals surface area contributed by atoms with Crippen LogP contribution in [0.25, 0.3) is 0 Å². The summed E-state index contributed by atoms with van der Waals surface area (Å²) in [4.78, 5) is 9.98. The van der Waals surface area contributed by atoms with E-state index in [2.05, 4.69) is 10.5 Å². The van der Waals surface area contributed by atoms with Crippen LogP contribution in [0.5, 0.6) is 0 Å². The second-order valence-corrected chi connectivity index (χ2v) is 1.06. The van der Waals surface area contributed by atoms with Crippen LogP contribution < -0.4 is 5.43 Å². The van der Waals surface area contributed by atoms with Crippen molar-refractivity contribution in [3.63, 3.8) is 0 Å². The Labute approximate surface area is 56.1 Å². The van der Waals surface area contributed by atoms with Crippen LogP contribution in [0.15, 0.2) is 5.10 Å². The van der Waals surface area contributed by atoms with Gasteiger partial charge in [-0.25, -0.2) is 5.43 Å². The van der Waals surface area contributed by atoms with Crippen molar-refractivity contribution in [2.24, 2.45) is 5.10 Å². The van der Waals surface area contributed by atoms with E-state index in [0.717, 1.165) is 0 Å². The molecule has 0 fully saturated rings. The van der Waals surface area contributed by atoms with Crippen LogP contribution in [0.3, 0.4) is 0 Å². The topological polar surface area (TPSA) is 41.5 Å². The molecule has 1 N–H and O–H groups in total. The van der Waals surface area contributed by atoms with E-state index >= 15 is 0 Å². The molecular formula is C6H14N2O. The second-order valence-electron chi connectivity index (χ2n) is 1.06. The van der Waals surface area contributed by atoms with Gasteiger partial charge in [-0.05, 0) is 6.92 Å². The summed E-state index contributed by atoms with van der Waals surface area (Å²) in [6.45, 7) is 7.14. The number of hydrazone groups is 1. The van der Waals surface area contributed by atoms with Crippen molar-refractivity contribution in [3.05, 3.63) is 0 Å². The summed E-state index contributed by atoms with van der Waals surface area (Å²) < 4.78 is 0. The summed E-state index contributed by atoms with van der Waals surface area (Å²) in [6.07, 6.45) is 1.52. The smallest absolute Gasteiger partial charge is 0.236 e. The molecule has 0 aliphatic carbocycles. The Bertz CT molecular complexity index is 89.1. The van der Waals surface area contributed by atoms with E-state index < -0.39 is 0 Å². The molecule has 0 heterocycles. The second kappa shape index (κ2) is 10.2. The molecular weight excluding hydrogens is 116 g/mol. The van der Waals surface area contributed by atoms with E-state index in [1.807, 2.05) is 13.8 Å². The number of hydrogen-bond acceptors (Lipinski definition) is 2. The van der Waals surface area contributed by atoms with Gasteiger partial charge in [0.2, 0.25) is 5.91 Å². The van der Waals surface area contributed by atoms with Crippen LogP contribution in [0.1, 0.15) is 27.7 Å². The lowest BCUT2D eigenvalue weighted by atomic mass is 10.8. The van der Waals surface area contributed by atoms with Gasteiger partial charge in [0, 0.05) is 13.1 Å². The van der Waals surface area contributed by atoms with Crippen molar-refractivity contribution in [2.45, 2.75) is 27.7 Å². The Balaban J connectivity index is 0. The minimum atomic E-state index is -0.141. The fraction of sp³-hybridized carbons (Fsp3) is 0.667. The Morgan fingerprint density at radius 2 is 2.00 bits per heavy atom. The number of nitrogens with one attached hydrogen (secondary N) is 1. The average Bonchev–Trinajstić information content (AvgIpc) is 1.88. The molecule has 0 bridgehead atoms. The molecule has 0 saturated heterocycles. The monoisotopic (exact) mass is 130 g/mol. The van der Waals surface area contributed by atoms with Gasteiger partial charge in [0.15, 0.2) is 0 Å². The molecule has 0 radical (unpaired) electrons. The molecule has 0 aromatic heterocycles. The highest BCUT2D eigenvalue weighted by molar-refractivity contribution is 5.73. The van der Waals surface area contributed by atoms with Gasteiger partial charge in [-0.1, -0.05) is 13.8 Å². The van der Waals surface area contributed by atoms with Crippen molar-refractivity contribution in [1.29, 1.82) is 0 Å². The third-order valence-corrected chi connectivity index (χ3v) is 0.351. The number of hydrogen-bond donors (Lipinski definition) is 1. The van der Waals surface area contributed by atoms with Gasteiger partial charge in [-0.2, -0.15) is 5.10 Å². The first-order valence-electron chi connectivity index (χ1n) is 3.01. The molecule has 0 unspecified atom stereocenters. The molecule has 3 heteroatoms. The molecule has 0 spiro atoms. The first-order valence-corrected chi connectivity index (χ1v) is 3.01. The van der Waals surface area contributed by atoms with Crippen LogP contribution in [0, 0.1) is 0 Å². The number of rotatable bonds is 1. The van der Waals surface area contributed by atoms with Crippen LogP contribution in [0.2, 0.25) is 0 Å². The van der Waals surface area contributed by atoms with Gasteiger partial charge in [-0.3, -0.25) is 4.79 Å². The molecule has 54 valence electrons. The lowest BCUT2D eigenvalue weighted by molar-refractivity contribution is -0.118. The first-order chi connectivity index (χ1) is 4.27. The lowest BCUT2D eigenvalue weighted by Gasteiger charge is -1.84. The molecule has 0 atom stereocenters. The van der Waals surface area contributed by atoms with E-state index in [4.69, 9.17) is 0 Å². The first kappa shape index (κ1) is 11.0. The Morgan fingerprint density at radius 1 is 1.56 bits per heavy atom. The quantitative estimate of drug-likeness (QED) is 0.420. The van der Waals surface area contributed by atoms with Crippen molar-refractivity contribution in [1.82, 2.24) is 5.43 Å². The summed E-state index contributed by atoms with van der Waals surface area (Å²) in [6, 6.07) is 0.